The summed E-state index contributed by atoms with van der Waals surface area (Å²) in [4.78, 5) is 44.7. The third kappa shape index (κ3) is 5.89. The quantitative estimate of drug-likeness (QED) is 0.500. The first kappa shape index (κ1) is 28.9. The highest BCUT2D eigenvalue weighted by Crippen LogP contribution is 2.35. The molecule has 0 radical (unpaired) electrons. The molecule has 1 N–H and O–H groups in total. The maximum absolute atomic E-state index is 14.3. The van der Waals surface area contributed by atoms with Gasteiger partial charge in [-0.1, -0.05) is 12.1 Å². The second kappa shape index (κ2) is 12.4. The Kier molecular flexibility index (Phi) is 8.93. The fourth-order valence-electron chi connectivity index (χ4n) is 5.12. The number of carbonyl (C=O) groups is 3. The summed E-state index contributed by atoms with van der Waals surface area (Å²) >= 11 is 0. The first-order valence-electron chi connectivity index (χ1n) is 13.1. The van der Waals surface area contributed by atoms with Crippen LogP contribution >= 0.6 is 0 Å². The van der Waals surface area contributed by atoms with Crippen LogP contribution in [0, 0.1) is 5.82 Å². The van der Waals surface area contributed by atoms with Crippen LogP contribution in [-0.2, 0) is 9.53 Å². The molecule has 0 aromatic heterocycles. The molecule has 1 saturated heterocycles. The van der Waals surface area contributed by atoms with E-state index in [1.54, 1.807) is 49.2 Å². The summed E-state index contributed by atoms with van der Waals surface area (Å²) in [6.07, 6.45) is 0. The molecule has 2 atom stereocenters. The van der Waals surface area contributed by atoms with Crippen LogP contribution in [0.15, 0.2) is 53.7 Å². The Morgan fingerprint density at radius 3 is 2.35 bits per heavy atom. The lowest BCUT2D eigenvalue weighted by Crippen LogP contribution is -2.56. The van der Waals surface area contributed by atoms with E-state index in [1.165, 1.54) is 31.3 Å². The first-order chi connectivity index (χ1) is 19.2. The number of carbonyl (C=O) groups excluding carboxylic acids is 3. The number of halogens is 1. The Bertz CT molecular complexity index is 1290. The zero-order chi connectivity index (χ0) is 29.0. The third-order valence-corrected chi connectivity index (χ3v) is 7.23. The van der Waals surface area contributed by atoms with Gasteiger partial charge in [0.1, 0.15) is 17.3 Å². The van der Waals surface area contributed by atoms with Gasteiger partial charge in [-0.05, 0) is 43.7 Å². The Morgan fingerprint density at radius 1 is 1.07 bits per heavy atom. The Balaban J connectivity index is 1.65. The zero-order valence-corrected chi connectivity index (χ0v) is 23.4. The molecule has 0 aliphatic carbocycles. The van der Waals surface area contributed by atoms with Crippen LogP contribution in [-0.4, -0.2) is 92.7 Å². The van der Waals surface area contributed by atoms with Gasteiger partial charge in [0.2, 0.25) is 0 Å². The Hall–Kier alpha value is -4.12. The highest BCUT2D eigenvalue weighted by Gasteiger charge is 2.39. The highest BCUT2D eigenvalue weighted by molar-refractivity contribution is 5.96. The van der Waals surface area contributed by atoms with Gasteiger partial charge in [0.15, 0.2) is 0 Å². The van der Waals surface area contributed by atoms with Crippen molar-refractivity contribution in [1.82, 2.24) is 20.0 Å². The van der Waals surface area contributed by atoms with Gasteiger partial charge in [-0.25, -0.2) is 14.0 Å². The van der Waals surface area contributed by atoms with E-state index < -0.39 is 17.8 Å². The standard InChI is InChI=1S/C29H35FN4O6/c1-6-40-28(36)25-24(32(3)29(37)31-26(25)19-13-20(38-4)15-21(14-19)39-5)17-33-11-12-34(18(2)16-33)27(35)22-9-7-8-10-23(22)30/h7-10,13-15,18,26H,6,11-12,16-17H2,1-5H3,(H,31,37)/t18-,26+/m0/s1. The molecule has 2 aliphatic heterocycles. The molecule has 11 heteroatoms. The second-order valence-corrected chi connectivity index (χ2v) is 9.73. The molecular weight excluding hydrogens is 519 g/mol. The summed E-state index contributed by atoms with van der Waals surface area (Å²) in [6, 6.07) is 9.72. The fourth-order valence-corrected chi connectivity index (χ4v) is 5.12. The van der Waals surface area contributed by atoms with E-state index in [0.717, 1.165) is 0 Å². The van der Waals surface area contributed by atoms with Crippen molar-refractivity contribution in [3.8, 4) is 11.5 Å². The second-order valence-electron chi connectivity index (χ2n) is 9.73. The van der Waals surface area contributed by atoms with Gasteiger partial charge < -0.3 is 24.4 Å². The van der Waals surface area contributed by atoms with Crippen molar-refractivity contribution in [2.24, 2.45) is 0 Å². The molecule has 0 unspecified atom stereocenters. The molecule has 4 rings (SSSR count). The van der Waals surface area contributed by atoms with Crippen LogP contribution in [0.2, 0.25) is 0 Å². The molecule has 0 saturated carbocycles. The molecule has 2 aromatic rings. The predicted molar refractivity (Wildman–Crippen MR) is 146 cm³/mol. The average molecular weight is 555 g/mol. The van der Waals surface area contributed by atoms with Crippen molar-refractivity contribution in [2.75, 3.05) is 54.1 Å². The molecule has 2 aromatic carbocycles. The fraction of sp³-hybridized carbons (Fsp3) is 0.414. The van der Waals surface area contributed by atoms with Crippen LogP contribution < -0.4 is 14.8 Å². The van der Waals surface area contributed by atoms with Gasteiger partial charge in [-0.3, -0.25) is 14.6 Å². The number of methoxy groups -OCH3 is 2. The number of ether oxygens (including phenoxy) is 3. The summed E-state index contributed by atoms with van der Waals surface area (Å²) in [5, 5.41) is 2.91. The summed E-state index contributed by atoms with van der Waals surface area (Å²) in [5.41, 5.74) is 1.44. The van der Waals surface area contributed by atoms with Crippen LogP contribution in [0.5, 0.6) is 11.5 Å². The predicted octanol–water partition coefficient (Wildman–Crippen LogP) is 3.20. The highest BCUT2D eigenvalue weighted by atomic mass is 19.1. The van der Waals surface area contributed by atoms with Gasteiger partial charge >= 0.3 is 12.0 Å². The van der Waals surface area contributed by atoms with Gasteiger partial charge in [0.25, 0.3) is 5.91 Å². The van der Waals surface area contributed by atoms with Crippen LogP contribution in [0.25, 0.3) is 0 Å². The van der Waals surface area contributed by atoms with Crippen LogP contribution in [0.1, 0.15) is 35.8 Å². The molecule has 10 nitrogen and oxygen atoms in total. The largest absolute Gasteiger partial charge is 0.497 e. The molecular formula is C29H35FN4O6. The van der Waals surface area contributed by atoms with E-state index in [1.807, 2.05) is 6.92 Å². The van der Waals surface area contributed by atoms with E-state index in [9.17, 15) is 18.8 Å². The van der Waals surface area contributed by atoms with Crippen molar-refractivity contribution >= 4 is 17.9 Å². The number of urea groups is 1. The minimum absolute atomic E-state index is 0.0374. The minimum Gasteiger partial charge on any atom is -0.497 e. The van der Waals surface area contributed by atoms with Gasteiger partial charge in [0, 0.05) is 51.0 Å². The average Bonchev–Trinajstić information content (AvgIpc) is 2.95. The van der Waals surface area contributed by atoms with Crippen LogP contribution in [0.3, 0.4) is 0 Å². The number of esters is 1. The monoisotopic (exact) mass is 554 g/mol. The normalized spacial score (nSPS) is 19.8. The number of hydrogen-bond donors (Lipinski definition) is 1. The smallest absolute Gasteiger partial charge is 0.338 e. The van der Waals surface area contributed by atoms with E-state index in [0.29, 0.717) is 48.0 Å². The van der Waals surface area contributed by atoms with E-state index in [2.05, 4.69) is 10.2 Å². The number of hydrogen-bond acceptors (Lipinski definition) is 7. The van der Waals surface area contributed by atoms with Crippen molar-refractivity contribution in [2.45, 2.75) is 25.9 Å². The number of piperazine rings is 1. The molecule has 40 heavy (non-hydrogen) atoms. The third-order valence-electron chi connectivity index (χ3n) is 7.23. The number of likely N-dealkylation sites (N-methyl/N-ethyl adjacent to an activating group) is 1. The lowest BCUT2D eigenvalue weighted by Gasteiger charge is -2.42. The lowest BCUT2D eigenvalue weighted by molar-refractivity contribution is -0.139. The summed E-state index contributed by atoms with van der Waals surface area (Å²) in [7, 11) is 4.65. The summed E-state index contributed by atoms with van der Waals surface area (Å²) in [6.45, 7) is 5.35. The van der Waals surface area contributed by atoms with Crippen molar-refractivity contribution in [1.29, 1.82) is 0 Å². The van der Waals surface area contributed by atoms with Crippen LogP contribution in [0.4, 0.5) is 9.18 Å². The maximum atomic E-state index is 14.3. The van der Waals surface area contributed by atoms with E-state index >= 15 is 0 Å². The van der Waals surface area contributed by atoms with E-state index in [4.69, 9.17) is 14.2 Å². The molecule has 214 valence electrons. The minimum atomic E-state index is -0.803. The molecule has 3 amide bonds. The van der Waals surface area contributed by atoms with Crippen molar-refractivity contribution < 1.29 is 33.0 Å². The van der Waals surface area contributed by atoms with Gasteiger partial charge in [0.05, 0.1) is 38.0 Å². The zero-order valence-electron chi connectivity index (χ0n) is 23.4. The van der Waals surface area contributed by atoms with Crippen molar-refractivity contribution in [3.05, 3.63) is 70.7 Å². The van der Waals surface area contributed by atoms with Gasteiger partial charge in [-0.15, -0.1) is 0 Å². The summed E-state index contributed by atoms with van der Waals surface area (Å²) < 4.78 is 30.5. The number of nitrogens with zero attached hydrogens (tertiary/aromatic N) is 3. The number of benzene rings is 2. The van der Waals surface area contributed by atoms with Gasteiger partial charge in [-0.2, -0.15) is 0 Å². The Morgan fingerprint density at radius 2 is 1.75 bits per heavy atom. The molecule has 0 bridgehead atoms. The SMILES string of the molecule is CCOC(=O)C1=C(CN2CCN(C(=O)c3ccccc3F)[C@@H](C)C2)N(C)C(=O)N[C@@H]1c1cc(OC)cc(OC)c1. The number of amides is 3. The molecule has 0 spiro atoms. The van der Waals surface area contributed by atoms with E-state index in [-0.39, 0.29) is 36.7 Å². The number of nitrogens with one attached hydrogen (secondary N) is 1. The molecule has 2 aliphatic rings. The topological polar surface area (TPSA) is 101 Å². The summed E-state index contributed by atoms with van der Waals surface area (Å²) in [5.74, 6) is -0.439. The first-order valence-corrected chi connectivity index (χ1v) is 13.1. The lowest BCUT2D eigenvalue weighted by atomic mass is 9.93. The molecule has 1 fully saturated rings. The maximum Gasteiger partial charge on any atom is 0.338 e. The number of rotatable bonds is 8. The molecule has 2 heterocycles. The Labute approximate surface area is 233 Å². The van der Waals surface area contributed by atoms with Crippen molar-refractivity contribution in [3.63, 3.8) is 0 Å².